The van der Waals surface area contributed by atoms with Gasteiger partial charge in [-0.3, -0.25) is 24.0 Å². The van der Waals surface area contributed by atoms with Crippen molar-refractivity contribution in [1.29, 1.82) is 0 Å². The molecule has 19 heteroatoms. The molecule has 0 radical (unpaired) electrons. The van der Waals surface area contributed by atoms with E-state index in [1.807, 2.05) is 36.4 Å². The van der Waals surface area contributed by atoms with Gasteiger partial charge in [0.2, 0.25) is 40.3 Å². The molecule has 0 bridgehead atoms. The topological polar surface area (TPSA) is 302 Å². The highest BCUT2D eigenvalue weighted by molar-refractivity contribution is 6.41. The predicted octanol–water partition coefficient (Wildman–Crippen LogP) is 2.21. The van der Waals surface area contributed by atoms with E-state index in [9.17, 15) is 28.8 Å². The van der Waals surface area contributed by atoms with E-state index < -0.39 is 59.5 Å². The Morgan fingerprint density at radius 2 is 1.17 bits per heavy atom. The third-order valence-corrected chi connectivity index (χ3v) is 11.4. The fourth-order valence-corrected chi connectivity index (χ4v) is 7.72. The first-order chi connectivity index (χ1) is 31.4. The van der Waals surface area contributed by atoms with Gasteiger partial charge in [0, 0.05) is 30.6 Å². The minimum absolute atomic E-state index is 0.116. The summed E-state index contributed by atoms with van der Waals surface area (Å²) in [4.78, 5) is 83.6. The molecule has 1 aromatic heterocycles. The van der Waals surface area contributed by atoms with Crippen LogP contribution in [0.25, 0.3) is 21.8 Å². The SMILES string of the molecule is COc1ccc2[nH+]c3cc(Cl)ccc3c(NCCCC[C@@H](NC(C)=O)C(=O)N[C@H](CCCCN)C(=O)C(=O)[C@H](CCCCN)NC(=O)[C@H](CCCCN)NN[C@H](C=O)CCCCN)c2c1. The summed E-state index contributed by atoms with van der Waals surface area (Å²) < 4.78 is 5.49. The number of aromatic nitrogens is 1. The number of unbranched alkanes of at least 4 members (excludes halogenated alkanes) is 5. The number of rotatable bonds is 35. The molecule has 1 heterocycles. The van der Waals surface area contributed by atoms with Crippen molar-refractivity contribution in [2.75, 3.05) is 45.2 Å². The summed E-state index contributed by atoms with van der Waals surface area (Å²) in [6, 6.07) is 6.49. The molecule has 18 nitrogen and oxygen atoms in total. The number of nitrogens with two attached hydrogens (primary N) is 4. The molecule has 0 unspecified atom stereocenters. The van der Waals surface area contributed by atoms with E-state index in [-0.39, 0.29) is 19.3 Å². The van der Waals surface area contributed by atoms with E-state index in [1.54, 1.807) is 7.11 Å². The number of halogens is 1. The minimum Gasteiger partial charge on any atom is -0.497 e. The van der Waals surface area contributed by atoms with Crippen LogP contribution in [0.2, 0.25) is 5.02 Å². The van der Waals surface area contributed by atoms with Crippen LogP contribution in [0.5, 0.6) is 5.75 Å². The molecular weight excluding hydrogens is 854 g/mol. The number of benzene rings is 2. The van der Waals surface area contributed by atoms with Crippen LogP contribution in [0.1, 0.15) is 103 Å². The monoisotopic (exact) mass is 927 g/mol. The summed E-state index contributed by atoms with van der Waals surface area (Å²) in [5.41, 5.74) is 31.4. The van der Waals surface area contributed by atoms with Crippen molar-refractivity contribution < 1.29 is 38.5 Å². The number of fused-ring (bicyclic) bond motifs is 2. The minimum atomic E-state index is -1.24. The summed E-state index contributed by atoms with van der Waals surface area (Å²) in [6.07, 6.45) is 7.87. The molecule has 0 fully saturated rings. The number of ether oxygens (including phenoxy) is 1. The molecule has 360 valence electrons. The number of aldehydes is 1. The Kier molecular flexibility index (Phi) is 25.5. The van der Waals surface area contributed by atoms with Crippen LogP contribution < -0.4 is 64.8 Å². The van der Waals surface area contributed by atoms with Gasteiger partial charge in [-0.25, -0.2) is 15.8 Å². The van der Waals surface area contributed by atoms with Crippen molar-refractivity contribution in [3.63, 3.8) is 0 Å². The lowest BCUT2D eigenvalue weighted by Gasteiger charge is -2.26. The largest absolute Gasteiger partial charge is 0.497 e. The van der Waals surface area contributed by atoms with Gasteiger partial charge in [0.05, 0.1) is 47.7 Å². The maximum absolute atomic E-state index is 14.1. The molecule has 0 saturated carbocycles. The molecule has 0 spiro atoms. The molecule has 3 amide bonds. The van der Waals surface area contributed by atoms with Gasteiger partial charge in [0.25, 0.3) is 0 Å². The molecule has 0 saturated heterocycles. The summed E-state index contributed by atoms with van der Waals surface area (Å²) >= 11 is 6.32. The summed E-state index contributed by atoms with van der Waals surface area (Å²) in [7, 11) is 1.61. The molecule has 0 aliphatic carbocycles. The normalized spacial score (nSPS) is 13.6. The second-order valence-electron chi connectivity index (χ2n) is 16.3. The molecular formula is C46H73ClN11O7+. The lowest BCUT2D eigenvalue weighted by molar-refractivity contribution is -0.310. The number of aromatic amines is 1. The number of hydrogen-bond acceptors (Lipinski definition) is 14. The highest BCUT2D eigenvalue weighted by atomic mass is 35.5. The quantitative estimate of drug-likeness (QED) is 0.0133. The lowest BCUT2D eigenvalue weighted by atomic mass is 9.94. The standard InChI is InChI=1S/C46H72ClN11O7/c1-30(60)53-39(16-7-12-26-52-42-34-20-18-31(47)27-41(34)54-36-21-19-33(65-2)28-35(36)42)45(63)55-37(14-4-9-23-49)43(61)44(62)38(15-5-10-24-50)56-46(64)40(17-6-11-25-51)58-57-32(29-59)13-3-8-22-48/h18-21,27-29,32,37-40,57-58H,3-17,22-26,48-51H2,1-2H3,(H,52,54)(H,53,60)(H,55,63)(H,56,64)/p+1/t32-,37+,38-,39+,40-/m0/s1. The van der Waals surface area contributed by atoms with E-state index >= 15 is 0 Å². The molecule has 15 N–H and O–H groups in total. The van der Waals surface area contributed by atoms with Gasteiger partial charge < -0.3 is 53.7 Å². The van der Waals surface area contributed by atoms with Crippen molar-refractivity contribution in [2.45, 2.75) is 133 Å². The highest BCUT2D eigenvalue weighted by Crippen LogP contribution is 2.32. The smallest absolute Gasteiger partial charge is 0.243 e. The second-order valence-corrected chi connectivity index (χ2v) is 16.8. The van der Waals surface area contributed by atoms with Crippen molar-refractivity contribution in [1.82, 2.24) is 26.8 Å². The van der Waals surface area contributed by atoms with Gasteiger partial charge >= 0.3 is 0 Å². The number of anilines is 1. The van der Waals surface area contributed by atoms with Crippen LogP contribution >= 0.6 is 11.6 Å². The number of carbonyl (C=O) groups is 6. The third-order valence-electron chi connectivity index (χ3n) is 11.2. The Morgan fingerprint density at radius 1 is 0.631 bits per heavy atom. The third kappa shape index (κ3) is 18.5. The number of carbonyl (C=O) groups excluding carboxylic acids is 6. The van der Waals surface area contributed by atoms with E-state index in [0.29, 0.717) is 114 Å². The number of Topliss-reactive ketones (excluding diaryl/α,β-unsaturated/α-hetero) is 2. The fraction of sp³-hybridized carbons (Fsp3) is 0.587. The Labute approximate surface area is 387 Å². The van der Waals surface area contributed by atoms with Gasteiger partial charge in [0.15, 0.2) is 0 Å². The molecule has 0 aliphatic rings. The first-order valence-corrected chi connectivity index (χ1v) is 23.4. The maximum atomic E-state index is 14.1. The van der Waals surface area contributed by atoms with E-state index in [1.165, 1.54) is 6.92 Å². The summed E-state index contributed by atoms with van der Waals surface area (Å²) in [5.74, 6) is -2.62. The van der Waals surface area contributed by atoms with Crippen molar-refractivity contribution >= 4 is 74.7 Å². The summed E-state index contributed by atoms with van der Waals surface area (Å²) in [6.45, 7) is 3.42. The average molecular weight is 928 g/mol. The van der Waals surface area contributed by atoms with Gasteiger partial charge in [0.1, 0.15) is 18.1 Å². The van der Waals surface area contributed by atoms with E-state index in [2.05, 4.69) is 37.1 Å². The number of hydrazine groups is 1. The van der Waals surface area contributed by atoms with E-state index in [0.717, 1.165) is 40.2 Å². The molecule has 3 rings (SSSR count). The van der Waals surface area contributed by atoms with E-state index in [4.69, 9.17) is 39.3 Å². The number of methoxy groups -OCH3 is 1. The van der Waals surface area contributed by atoms with Crippen molar-refractivity contribution in [2.24, 2.45) is 22.9 Å². The number of hydrogen-bond donors (Lipinski definition) is 10. The van der Waals surface area contributed by atoms with Crippen LogP contribution in [-0.4, -0.2) is 106 Å². The number of nitrogens with one attached hydrogen (secondary N) is 7. The molecule has 5 atom stereocenters. The Bertz CT molecular complexity index is 1990. The molecule has 2 aromatic carbocycles. The first kappa shape index (κ1) is 54.5. The van der Waals surface area contributed by atoms with Gasteiger partial charge in [-0.2, -0.15) is 0 Å². The number of ketones is 2. The van der Waals surface area contributed by atoms with Gasteiger partial charge in [-0.1, -0.05) is 24.4 Å². The fourth-order valence-electron chi connectivity index (χ4n) is 7.55. The van der Waals surface area contributed by atoms with Crippen molar-refractivity contribution in [3.8, 4) is 5.75 Å². The average Bonchev–Trinajstić information content (AvgIpc) is 3.29. The van der Waals surface area contributed by atoms with Crippen molar-refractivity contribution in [3.05, 3.63) is 41.4 Å². The molecule has 0 aliphatic heterocycles. The van der Waals surface area contributed by atoms with Crippen LogP contribution in [-0.2, 0) is 28.8 Å². The summed E-state index contributed by atoms with van der Waals surface area (Å²) in [5, 5.41) is 14.3. The molecule has 3 aromatic rings. The number of H-pyrrole nitrogens is 1. The maximum Gasteiger partial charge on any atom is 0.243 e. The molecule has 65 heavy (non-hydrogen) atoms. The zero-order valence-corrected chi connectivity index (χ0v) is 38.9. The number of pyridine rings is 1. The first-order valence-electron chi connectivity index (χ1n) is 23.0. The Morgan fingerprint density at radius 3 is 1.72 bits per heavy atom. The number of amides is 3. The zero-order chi connectivity index (χ0) is 47.6. The highest BCUT2D eigenvalue weighted by Gasteiger charge is 2.35. The van der Waals surface area contributed by atoms with Crippen LogP contribution in [0, 0.1) is 0 Å². The Balaban J connectivity index is 1.76. The predicted molar refractivity (Wildman–Crippen MR) is 255 cm³/mol. The Hall–Kier alpha value is -4.82. The van der Waals surface area contributed by atoms with Crippen LogP contribution in [0.15, 0.2) is 36.4 Å². The lowest BCUT2D eigenvalue weighted by Crippen LogP contribution is -2.58. The van der Waals surface area contributed by atoms with Crippen LogP contribution in [0.4, 0.5) is 5.69 Å². The van der Waals surface area contributed by atoms with Gasteiger partial charge in [-0.05, 0) is 134 Å². The van der Waals surface area contributed by atoms with Gasteiger partial charge in [-0.15, -0.1) is 0 Å². The zero-order valence-electron chi connectivity index (χ0n) is 38.1. The van der Waals surface area contributed by atoms with Crippen LogP contribution in [0.3, 0.4) is 0 Å². The second kappa shape index (κ2) is 30.4.